The summed E-state index contributed by atoms with van der Waals surface area (Å²) < 4.78 is 27.8. The first-order valence-corrected chi connectivity index (χ1v) is 12.7. The standard InChI is InChI=1S/C23H23ClN2O3S2/c1-17-20(23(27)25-14-15-30-16-18-8-5-6-12-21(18)24)11-7-13-22(17)26-31(28,29)19-9-3-2-4-10-19/h2-13,26H,14-16H2,1H3,(H,25,27). The minimum atomic E-state index is -3.73. The van der Waals surface area contributed by atoms with Gasteiger partial charge in [-0.2, -0.15) is 11.8 Å². The third kappa shape index (κ3) is 6.26. The number of sulfonamides is 1. The highest BCUT2D eigenvalue weighted by molar-refractivity contribution is 7.98. The van der Waals surface area contributed by atoms with E-state index in [0.717, 1.165) is 22.1 Å². The quantitative estimate of drug-likeness (QED) is 0.422. The van der Waals surface area contributed by atoms with E-state index in [4.69, 9.17) is 11.6 Å². The Balaban J connectivity index is 1.58. The number of rotatable bonds is 9. The zero-order valence-corrected chi connectivity index (χ0v) is 19.4. The molecule has 2 N–H and O–H groups in total. The molecule has 3 aromatic carbocycles. The fourth-order valence-electron chi connectivity index (χ4n) is 2.93. The SMILES string of the molecule is Cc1c(NS(=O)(=O)c2ccccc2)cccc1C(=O)NCCSCc1ccccc1Cl. The lowest BCUT2D eigenvalue weighted by Gasteiger charge is -2.14. The highest BCUT2D eigenvalue weighted by Crippen LogP contribution is 2.23. The molecule has 0 aliphatic heterocycles. The van der Waals surface area contributed by atoms with Gasteiger partial charge in [0.05, 0.1) is 10.6 Å². The summed E-state index contributed by atoms with van der Waals surface area (Å²) in [7, 11) is -3.73. The molecule has 1 amide bonds. The molecular formula is C23H23ClN2O3S2. The molecule has 0 saturated carbocycles. The molecule has 0 radical (unpaired) electrons. The van der Waals surface area contributed by atoms with Gasteiger partial charge >= 0.3 is 0 Å². The van der Waals surface area contributed by atoms with Gasteiger partial charge in [-0.05, 0) is 48.4 Å². The average molecular weight is 475 g/mol. The summed E-state index contributed by atoms with van der Waals surface area (Å²) in [5.41, 5.74) is 2.45. The van der Waals surface area contributed by atoms with Crippen molar-refractivity contribution >= 4 is 45.0 Å². The molecule has 3 aromatic rings. The summed E-state index contributed by atoms with van der Waals surface area (Å²) in [6.45, 7) is 2.22. The molecule has 0 spiro atoms. The minimum Gasteiger partial charge on any atom is -0.351 e. The number of thioether (sulfide) groups is 1. The number of halogens is 1. The zero-order valence-electron chi connectivity index (χ0n) is 17.0. The molecule has 0 heterocycles. The summed E-state index contributed by atoms with van der Waals surface area (Å²) in [6.07, 6.45) is 0. The molecule has 3 rings (SSSR count). The van der Waals surface area contributed by atoms with Gasteiger partial charge in [0, 0.05) is 28.6 Å². The zero-order chi connectivity index (χ0) is 22.3. The first kappa shape index (κ1) is 23.2. The van der Waals surface area contributed by atoms with Crippen molar-refractivity contribution in [2.24, 2.45) is 0 Å². The normalized spacial score (nSPS) is 11.2. The van der Waals surface area contributed by atoms with Crippen LogP contribution in [0.4, 0.5) is 5.69 Å². The van der Waals surface area contributed by atoms with Crippen LogP contribution in [0, 0.1) is 6.92 Å². The Morgan fingerprint density at radius 3 is 2.42 bits per heavy atom. The van der Waals surface area contributed by atoms with Gasteiger partial charge in [0.15, 0.2) is 0 Å². The molecule has 0 aromatic heterocycles. The molecule has 0 fully saturated rings. The second kappa shape index (κ2) is 10.7. The fraction of sp³-hybridized carbons (Fsp3) is 0.174. The second-order valence-corrected chi connectivity index (χ2v) is 9.99. The van der Waals surface area contributed by atoms with Crippen molar-refractivity contribution in [1.29, 1.82) is 0 Å². The van der Waals surface area contributed by atoms with Gasteiger partial charge in [0.25, 0.3) is 15.9 Å². The number of carbonyl (C=O) groups excluding carboxylic acids is 1. The van der Waals surface area contributed by atoms with Crippen molar-refractivity contribution in [3.05, 3.63) is 94.5 Å². The van der Waals surface area contributed by atoms with E-state index in [1.54, 1.807) is 55.1 Å². The van der Waals surface area contributed by atoms with Gasteiger partial charge in [-0.1, -0.05) is 54.1 Å². The van der Waals surface area contributed by atoms with Crippen LogP contribution in [0.5, 0.6) is 0 Å². The summed E-state index contributed by atoms with van der Waals surface area (Å²) in [6, 6.07) is 20.8. The highest BCUT2D eigenvalue weighted by atomic mass is 35.5. The Morgan fingerprint density at radius 1 is 0.968 bits per heavy atom. The fourth-order valence-corrected chi connectivity index (χ4v) is 5.21. The molecule has 0 bridgehead atoms. The van der Waals surface area contributed by atoms with E-state index >= 15 is 0 Å². The number of nitrogens with one attached hydrogen (secondary N) is 2. The first-order valence-electron chi connectivity index (χ1n) is 9.65. The van der Waals surface area contributed by atoms with Crippen LogP contribution in [-0.4, -0.2) is 26.6 Å². The topological polar surface area (TPSA) is 75.3 Å². The van der Waals surface area contributed by atoms with E-state index in [1.807, 2.05) is 24.3 Å². The van der Waals surface area contributed by atoms with Crippen LogP contribution in [0.2, 0.25) is 5.02 Å². The molecule has 0 atom stereocenters. The van der Waals surface area contributed by atoms with Crippen LogP contribution in [0.15, 0.2) is 77.7 Å². The number of hydrogen-bond acceptors (Lipinski definition) is 4. The van der Waals surface area contributed by atoms with Crippen molar-refractivity contribution < 1.29 is 13.2 Å². The van der Waals surface area contributed by atoms with E-state index < -0.39 is 10.0 Å². The van der Waals surface area contributed by atoms with Gasteiger partial charge in [-0.15, -0.1) is 0 Å². The van der Waals surface area contributed by atoms with Crippen LogP contribution >= 0.6 is 23.4 Å². The molecule has 31 heavy (non-hydrogen) atoms. The number of anilines is 1. The molecule has 162 valence electrons. The Morgan fingerprint density at radius 2 is 1.68 bits per heavy atom. The van der Waals surface area contributed by atoms with E-state index in [0.29, 0.717) is 23.4 Å². The van der Waals surface area contributed by atoms with Gasteiger partial charge in [-0.25, -0.2) is 8.42 Å². The maximum atomic E-state index is 12.6. The van der Waals surface area contributed by atoms with Crippen molar-refractivity contribution in [3.63, 3.8) is 0 Å². The van der Waals surface area contributed by atoms with E-state index in [1.165, 1.54) is 12.1 Å². The number of carbonyl (C=O) groups is 1. The van der Waals surface area contributed by atoms with Crippen LogP contribution in [-0.2, 0) is 15.8 Å². The lowest BCUT2D eigenvalue weighted by Crippen LogP contribution is -2.27. The number of benzene rings is 3. The summed E-state index contributed by atoms with van der Waals surface area (Å²) in [4.78, 5) is 12.8. The van der Waals surface area contributed by atoms with Crippen molar-refractivity contribution in [2.45, 2.75) is 17.6 Å². The summed E-state index contributed by atoms with van der Waals surface area (Å²) >= 11 is 7.83. The lowest BCUT2D eigenvalue weighted by molar-refractivity contribution is 0.0955. The predicted molar refractivity (Wildman–Crippen MR) is 128 cm³/mol. The second-order valence-electron chi connectivity index (χ2n) is 6.80. The third-order valence-corrected chi connectivity index (χ3v) is 7.38. The lowest BCUT2D eigenvalue weighted by atomic mass is 10.1. The molecule has 0 aliphatic rings. The van der Waals surface area contributed by atoms with Crippen molar-refractivity contribution in [3.8, 4) is 0 Å². The average Bonchev–Trinajstić information content (AvgIpc) is 2.76. The third-order valence-electron chi connectivity index (χ3n) is 4.62. The highest BCUT2D eigenvalue weighted by Gasteiger charge is 2.17. The van der Waals surface area contributed by atoms with Gasteiger partial charge < -0.3 is 5.32 Å². The molecule has 0 aliphatic carbocycles. The van der Waals surface area contributed by atoms with Crippen molar-refractivity contribution in [2.75, 3.05) is 17.0 Å². The Bertz CT molecular complexity index is 1150. The van der Waals surface area contributed by atoms with Gasteiger partial charge in [-0.3, -0.25) is 9.52 Å². The summed E-state index contributed by atoms with van der Waals surface area (Å²) in [5.74, 6) is 1.26. The van der Waals surface area contributed by atoms with E-state index in [-0.39, 0.29) is 10.8 Å². The Hall–Kier alpha value is -2.48. The largest absolute Gasteiger partial charge is 0.351 e. The van der Waals surface area contributed by atoms with Crippen LogP contribution in [0.1, 0.15) is 21.5 Å². The van der Waals surface area contributed by atoms with Gasteiger partial charge in [0.1, 0.15) is 0 Å². The van der Waals surface area contributed by atoms with Crippen LogP contribution < -0.4 is 10.0 Å². The predicted octanol–water partition coefficient (Wildman–Crippen LogP) is 5.11. The molecule has 0 saturated heterocycles. The molecule has 5 nitrogen and oxygen atoms in total. The Kier molecular flexibility index (Phi) is 8.01. The van der Waals surface area contributed by atoms with Gasteiger partial charge in [0.2, 0.25) is 0 Å². The Labute approximate surface area is 192 Å². The maximum absolute atomic E-state index is 12.6. The smallest absolute Gasteiger partial charge is 0.261 e. The van der Waals surface area contributed by atoms with Crippen LogP contribution in [0.25, 0.3) is 0 Å². The number of amides is 1. The monoisotopic (exact) mass is 474 g/mol. The molecule has 8 heteroatoms. The number of hydrogen-bond donors (Lipinski definition) is 2. The van der Waals surface area contributed by atoms with Crippen LogP contribution in [0.3, 0.4) is 0 Å². The molecular weight excluding hydrogens is 452 g/mol. The summed E-state index contributed by atoms with van der Waals surface area (Å²) in [5, 5.41) is 3.63. The first-order chi connectivity index (χ1) is 14.9. The van der Waals surface area contributed by atoms with E-state index in [2.05, 4.69) is 10.0 Å². The molecule has 0 unspecified atom stereocenters. The maximum Gasteiger partial charge on any atom is 0.261 e. The van der Waals surface area contributed by atoms with E-state index in [9.17, 15) is 13.2 Å². The minimum absolute atomic E-state index is 0.166. The van der Waals surface area contributed by atoms with Crippen molar-refractivity contribution in [1.82, 2.24) is 5.32 Å².